The van der Waals surface area contributed by atoms with Crippen LogP contribution in [0.3, 0.4) is 0 Å². The number of anilines is 1. The topological polar surface area (TPSA) is 29.9 Å². The van der Waals surface area contributed by atoms with Crippen LogP contribution in [0.2, 0.25) is 0 Å². The van der Waals surface area contributed by atoms with E-state index in [9.17, 15) is 4.39 Å². The van der Waals surface area contributed by atoms with Gasteiger partial charge in [-0.1, -0.05) is 19.9 Å². The Labute approximate surface area is 107 Å². The normalized spacial score (nSPS) is 10.9. The highest BCUT2D eigenvalue weighted by Crippen LogP contribution is 2.17. The van der Waals surface area contributed by atoms with Crippen molar-refractivity contribution in [1.29, 1.82) is 0 Å². The van der Waals surface area contributed by atoms with Gasteiger partial charge >= 0.3 is 0 Å². The molecule has 18 heavy (non-hydrogen) atoms. The van der Waals surface area contributed by atoms with Gasteiger partial charge in [-0.15, -0.1) is 0 Å². The molecule has 4 heteroatoms. The Bertz CT molecular complexity index is 532. The molecule has 0 aliphatic carbocycles. The number of hydrogen-bond acceptors (Lipinski definition) is 2. The third-order valence-corrected chi connectivity index (χ3v) is 2.74. The Morgan fingerprint density at radius 3 is 2.83 bits per heavy atom. The summed E-state index contributed by atoms with van der Waals surface area (Å²) in [7, 11) is 0. The molecule has 0 fully saturated rings. The van der Waals surface area contributed by atoms with Crippen LogP contribution in [-0.2, 0) is 0 Å². The molecule has 0 radical (unpaired) electrons. The van der Waals surface area contributed by atoms with Gasteiger partial charge in [0.1, 0.15) is 5.82 Å². The van der Waals surface area contributed by atoms with Crippen molar-refractivity contribution in [2.24, 2.45) is 5.92 Å². The van der Waals surface area contributed by atoms with Crippen molar-refractivity contribution in [3.05, 3.63) is 42.0 Å². The third kappa shape index (κ3) is 2.70. The summed E-state index contributed by atoms with van der Waals surface area (Å²) in [5.74, 6) is 1.08. The van der Waals surface area contributed by atoms with Gasteiger partial charge in [-0.3, -0.25) is 4.57 Å². The molecule has 1 aromatic carbocycles. The van der Waals surface area contributed by atoms with Crippen LogP contribution in [0.5, 0.6) is 0 Å². The van der Waals surface area contributed by atoms with Crippen LogP contribution in [-0.4, -0.2) is 16.1 Å². The molecule has 1 N–H and O–H groups in total. The van der Waals surface area contributed by atoms with Crippen molar-refractivity contribution in [2.75, 3.05) is 11.9 Å². The van der Waals surface area contributed by atoms with Crippen LogP contribution >= 0.6 is 0 Å². The molecule has 0 aliphatic rings. The predicted molar refractivity (Wildman–Crippen MR) is 71.6 cm³/mol. The van der Waals surface area contributed by atoms with Crippen molar-refractivity contribution < 1.29 is 4.39 Å². The number of aromatic nitrogens is 2. The number of nitrogens with one attached hydrogen (secondary N) is 1. The van der Waals surface area contributed by atoms with Gasteiger partial charge in [0, 0.05) is 18.9 Å². The highest BCUT2D eigenvalue weighted by molar-refractivity contribution is 5.43. The van der Waals surface area contributed by atoms with Crippen LogP contribution in [0.4, 0.5) is 10.3 Å². The van der Waals surface area contributed by atoms with Gasteiger partial charge in [-0.2, -0.15) is 0 Å². The monoisotopic (exact) mass is 247 g/mol. The molecule has 3 nitrogen and oxygen atoms in total. The van der Waals surface area contributed by atoms with E-state index in [0.717, 1.165) is 18.2 Å². The fraction of sp³-hybridized carbons (Fsp3) is 0.357. The summed E-state index contributed by atoms with van der Waals surface area (Å²) in [5, 5.41) is 3.25. The average molecular weight is 247 g/mol. The lowest BCUT2D eigenvalue weighted by Gasteiger charge is -2.11. The number of hydrogen-bond donors (Lipinski definition) is 1. The lowest BCUT2D eigenvalue weighted by Crippen LogP contribution is -2.12. The average Bonchev–Trinajstić information content (AvgIpc) is 2.78. The highest BCUT2D eigenvalue weighted by Gasteiger charge is 2.07. The number of nitrogens with zero attached hydrogens (tertiary/aromatic N) is 2. The summed E-state index contributed by atoms with van der Waals surface area (Å²) >= 11 is 0. The first-order valence-electron chi connectivity index (χ1n) is 6.11. The number of benzene rings is 1. The minimum Gasteiger partial charge on any atom is -0.355 e. The lowest BCUT2D eigenvalue weighted by molar-refractivity contribution is 0.617. The maximum Gasteiger partial charge on any atom is 0.207 e. The fourth-order valence-electron chi connectivity index (χ4n) is 1.67. The maximum atomic E-state index is 13.6. The molecule has 0 spiro atoms. The van der Waals surface area contributed by atoms with E-state index >= 15 is 0 Å². The van der Waals surface area contributed by atoms with Gasteiger partial charge in [-0.25, -0.2) is 9.37 Å². The predicted octanol–water partition coefficient (Wildman–Crippen LogP) is 3.39. The molecule has 0 atom stereocenters. The molecule has 0 unspecified atom stereocenters. The molecule has 0 saturated carbocycles. The van der Waals surface area contributed by atoms with Crippen molar-refractivity contribution in [3.63, 3.8) is 0 Å². The highest BCUT2D eigenvalue weighted by atomic mass is 19.1. The first-order valence-corrected chi connectivity index (χ1v) is 6.11. The zero-order valence-corrected chi connectivity index (χ0v) is 10.9. The van der Waals surface area contributed by atoms with Gasteiger partial charge in [0.2, 0.25) is 5.95 Å². The molecule has 1 heterocycles. The maximum absolute atomic E-state index is 13.6. The quantitative estimate of drug-likeness (QED) is 0.897. The van der Waals surface area contributed by atoms with Crippen molar-refractivity contribution in [2.45, 2.75) is 20.8 Å². The Balaban J connectivity index is 2.27. The third-order valence-electron chi connectivity index (χ3n) is 2.74. The number of imidazole rings is 1. The summed E-state index contributed by atoms with van der Waals surface area (Å²) in [6, 6.07) is 5.19. The minimum absolute atomic E-state index is 0.198. The van der Waals surface area contributed by atoms with Crippen molar-refractivity contribution in [3.8, 4) is 5.69 Å². The van der Waals surface area contributed by atoms with E-state index < -0.39 is 0 Å². The van der Waals surface area contributed by atoms with E-state index in [1.165, 1.54) is 6.07 Å². The van der Waals surface area contributed by atoms with Gasteiger partial charge in [0.15, 0.2) is 0 Å². The van der Waals surface area contributed by atoms with Gasteiger partial charge < -0.3 is 5.32 Å². The summed E-state index contributed by atoms with van der Waals surface area (Å²) < 4.78 is 15.4. The van der Waals surface area contributed by atoms with E-state index in [2.05, 4.69) is 24.1 Å². The van der Waals surface area contributed by atoms with Crippen LogP contribution < -0.4 is 5.32 Å². The Hall–Kier alpha value is -1.84. The van der Waals surface area contributed by atoms with E-state index in [4.69, 9.17) is 0 Å². The molecular weight excluding hydrogens is 229 g/mol. The molecule has 2 rings (SSSR count). The molecule has 2 aromatic rings. The first-order chi connectivity index (χ1) is 8.58. The molecule has 1 aromatic heterocycles. The summed E-state index contributed by atoms with van der Waals surface area (Å²) in [4.78, 5) is 4.25. The van der Waals surface area contributed by atoms with Gasteiger partial charge in [-0.05, 0) is 30.5 Å². The second-order valence-corrected chi connectivity index (χ2v) is 4.83. The molecule has 0 aliphatic heterocycles. The van der Waals surface area contributed by atoms with E-state index in [0.29, 0.717) is 11.5 Å². The molecule has 0 bridgehead atoms. The van der Waals surface area contributed by atoms with Crippen molar-refractivity contribution in [1.82, 2.24) is 9.55 Å². The fourth-order valence-corrected chi connectivity index (χ4v) is 1.67. The SMILES string of the molecule is Cc1ccc(-n2ccnc2NCC(C)C)cc1F. The van der Waals surface area contributed by atoms with Gasteiger partial charge in [0.05, 0.1) is 5.69 Å². The zero-order valence-electron chi connectivity index (χ0n) is 10.9. The van der Waals surface area contributed by atoms with E-state index in [-0.39, 0.29) is 5.82 Å². The summed E-state index contributed by atoms with van der Waals surface area (Å²) in [5.41, 5.74) is 1.43. The van der Waals surface area contributed by atoms with Crippen LogP contribution in [0.1, 0.15) is 19.4 Å². The standard InChI is InChI=1S/C14H18FN3/c1-10(2)9-17-14-16-6-7-18(14)12-5-4-11(3)13(15)8-12/h4-8,10H,9H2,1-3H3,(H,16,17). The number of halogens is 1. The Morgan fingerprint density at radius 1 is 1.39 bits per heavy atom. The summed E-state index contributed by atoms with van der Waals surface area (Å²) in [6.45, 7) is 6.86. The van der Waals surface area contributed by atoms with E-state index in [1.807, 2.05) is 16.8 Å². The molecule has 0 amide bonds. The Morgan fingerprint density at radius 2 is 2.17 bits per heavy atom. The number of rotatable bonds is 4. The molecule has 0 saturated heterocycles. The lowest BCUT2D eigenvalue weighted by atomic mass is 10.2. The van der Waals surface area contributed by atoms with Crippen LogP contribution in [0, 0.1) is 18.7 Å². The molecular formula is C14H18FN3. The summed E-state index contributed by atoms with van der Waals surface area (Å²) in [6.07, 6.45) is 3.53. The van der Waals surface area contributed by atoms with Crippen molar-refractivity contribution >= 4 is 5.95 Å². The second kappa shape index (κ2) is 5.21. The van der Waals surface area contributed by atoms with E-state index in [1.54, 1.807) is 19.2 Å². The van der Waals surface area contributed by atoms with Crippen LogP contribution in [0.25, 0.3) is 5.69 Å². The largest absolute Gasteiger partial charge is 0.355 e. The first kappa shape index (κ1) is 12.6. The second-order valence-electron chi connectivity index (χ2n) is 4.83. The van der Waals surface area contributed by atoms with Crippen LogP contribution in [0.15, 0.2) is 30.6 Å². The number of aryl methyl sites for hydroxylation is 1. The minimum atomic E-state index is -0.198. The smallest absolute Gasteiger partial charge is 0.207 e. The Kier molecular flexibility index (Phi) is 3.65. The molecule has 96 valence electrons. The van der Waals surface area contributed by atoms with Gasteiger partial charge in [0.25, 0.3) is 0 Å². The zero-order chi connectivity index (χ0) is 13.1.